The number of benzene rings is 1. The minimum Gasteiger partial charge on any atom is -0.481 e. The van der Waals surface area contributed by atoms with E-state index < -0.39 is 164 Å². The molecule has 1 aliphatic heterocycles. The molecule has 2 heterocycles. The predicted molar refractivity (Wildman–Crippen MR) is 276 cm³/mol. The van der Waals surface area contributed by atoms with Crippen LogP contribution in [0.4, 0.5) is 0 Å². The van der Waals surface area contributed by atoms with Crippen LogP contribution in [-0.2, 0) is 68.7 Å². The van der Waals surface area contributed by atoms with Crippen molar-refractivity contribution in [3.8, 4) is 0 Å². The molecule has 1 aromatic heterocycles. The number of quaternary nitrogens is 1. The highest BCUT2D eigenvalue weighted by atomic mass is 16.4. The average molecular weight is 1120 g/mol. The van der Waals surface area contributed by atoms with Gasteiger partial charge in [-0.1, -0.05) is 32.0 Å². The Morgan fingerprint density at radius 3 is 1.84 bits per heavy atom. The van der Waals surface area contributed by atoms with Gasteiger partial charge in [0.2, 0.25) is 53.2 Å². The first-order valence-electron chi connectivity index (χ1n) is 25.4. The molecule has 0 bridgehead atoms. The minimum atomic E-state index is -2.00. The van der Waals surface area contributed by atoms with Gasteiger partial charge in [0, 0.05) is 42.9 Å². The molecule has 8 atom stereocenters. The number of amides is 10. The molecule has 0 saturated carbocycles. The molecule has 31 heteroatoms. The van der Waals surface area contributed by atoms with Gasteiger partial charge in [-0.25, -0.2) is 4.79 Å². The standard InChI is InChI=1S/C48H73N15O16/c1-23(2)17-33(47(78)79)62-43(74)30(18-24-21-55-27-8-4-3-7-25(24)27)59-45(76)32(20-39(69)70)61-42(73)29(12-13-35(50)64)57-44(75)31(19-36(51)65)60-41(72)28(9-5-15-54-48(52)53)58-46(77)34-10-6-16-63(34)37(66)22-56-40(71)26(49)11-14-38(67)68/h3-4,7-8,21,23,26,28-34,48,54-55H,5-6,9-20,22,49,52-53H2,1-2H3,(H2,50,64)(H2,51,65)(H,56,71)(H,57,75)(H,58,77)(H,59,76)(H,60,72)(H,61,73)(H,62,74)(H,67,68)(H,69,70)(H,78,79)/p+1/t26-,28-,29-,30-,31-,32-,33-,34-/m0/s1. The summed E-state index contributed by atoms with van der Waals surface area (Å²) in [4.78, 5) is 173. The number of nitrogens with zero attached hydrogens (tertiary/aromatic N) is 1. The maximum Gasteiger partial charge on any atom is 0.326 e. The Morgan fingerprint density at radius 1 is 0.684 bits per heavy atom. The van der Waals surface area contributed by atoms with Crippen LogP contribution in [0, 0.1) is 5.92 Å². The first-order chi connectivity index (χ1) is 37.2. The van der Waals surface area contributed by atoms with Crippen molar-refractivity contribution >= 4 is 87.9 Å². The number of aliphatic carboxylic acids is 3. The minimum absolute atomic E-state index is 0.00158. The third kappa shape index (κ3) is 22.3. The van der Waals surface area contributed by atoms with E-state index in [1.165, 1.54) is 4.90 Å². The third-order valence-corrected chi connectivity index (χ3v) is 12.5. The molecule has 1 aliphatic rings. The number of likely N-dealkylation sites (tertiary alicyclic amines) is 1. The Bertz CT molecular complexity index is 2540. The van der Waals surface area contributed by atoms with Gasteiger partial charge in [0.05, 0.1) is 25.8 Å². The number of hydrogen-bond donors (Lipinski definition) is 17. The quantitative estimate of drug-likeness (QED) is 0.0225. The number of carbonyl (C=O) groups excluding carboxylic acids is 10. The van der Waals surface area contributed by atoms with E-state index in [0.29, 0.717) is 22.9 Å². The fourth-order valence-electron chi connectivity index (χ4n) is 8.42. The van der Waals surface area contributed by atoms with Crippen LogP contribution in [0.2, 0.25) is 0 Å². The molecule has 79 heavy (non-hydrogen) atoms. The van der Waals surface area contributed by atoms with E-state index in [4.69, 9.17) is 28.0 Å². The second-order valence-corrected chi connectivity index (χ2v) is 19.4. The molecule has 2 aromatic rings. The van der Waals surface area contributed by atoms with Crippen molar-refractivity contribution in [2.24, 2.45) is 28.9 Å². The van der Waals surface area contributed by atoms with E-state index in [-0.39, 0.29) is 64.0 Å². The summed E-state index contributed by atoms with van der Waals surface area (Å²) in [5, 5.41) is 48.6. The lowest BCUT2D eigenvalue weighted by molar-refractivity contribution is -0.405. The largest absolute Gasteiger partial charge is 0.481 e. The maximum atomic E-state index is 14.1. The Morgan fingerprint density at radius 2 is 1.25 bits per heavy atom. The summed E-state index contributed by atoms with van der Waals surface area (Å²) in [6, 6.07) is -5.44. The molecule has 0 unspecified atom stereocenters. The number of carboxylic acids is 3. The fourth-order valence-corrected chi connectivity index (χ4v) is 8.42. The van der Waals surface area contributed by atoms with E-state index >= 15 is 0 Å². The average Bonchev–Trinajstić information content (AvgIpc) is 4.07. The van der Waals surface area contributed by atoms with Crippen molar-refractivity contribution in [3.05, 3.63) is 36.0 Å². The lowest BCUT2D eigenvalue weighted by Crippen LogP contribution is -2.68. The summed E-state index contributed by atoms with van der Waals surface area (Å²) >= 11 is 0. The van der Waals surface area contributed by atoms with Gasteiger partial charge >= 0.3 is 17.9 Å². The Labute approximate surface area is 452 Å². The molecule has 0 radical (unpaired) electrons. The SMILES string of the molecule is CC(C)C[C@H](NC(=O)[C@H](Cc1c[nH]c2ccccc12)NC(=O)[C@H](CC(=O)O)NC(=O)[C@H](CCC(N)=O)NC(=O)[C@H](CC(N)=O)NC(=O)[C@H](CCCNC(N)N)NC(=O)[C@@H]1CCCN1C(=O)CNC(=O)[C@@H]([NH3+])CCC(=O)O)C(=O)O. The molecule has 1 saturated heterocycles. The van der Waals surface area contributed by atoms with E-state index in [1.807, 2.05) is 0 Å². The van der Waals surface area contributed by atoms with Gasteiger partial charge in [-0.2, -0.15) is 0 Å². The van der Waals surface area contributed by atoms with Gasteiger partial charge in [-0.3, -0.25) is 62.9 Å². The molecule has 31 nitrogen and oxygen atoms in total. The molecule has 0 spiro atoms. The summed E-state index contributed by atoms with van der Waals surface area (Å²) < 4.78 is 0. The summed E-state index contributed by atoms with van der Waals surface area (Å²) in [5.74, 6) is -14.5. The van der Waals surface area contributed by atoms with Crippen molar-refractivity contribution in [2.45, 2.75) is 146 Å². The van der Waals surface area contributed by atoms with Crippen molar-refractivity contribution in [1.82, 2.24) is 52.4 Å². The highest BCUT2D eigenvalue weighted by molar-refractivity contribution is 6.00. The monoisotopic (exact) mass is 1120 g/mol. The number of H-pyrrole nitrogens is 1. The molecule has 436 valence electrons. The van der Waals surface area contributed by atoms with Crippen molar-refractivity contribution in [2.75, 3.05) is 19.6 Å². The van der Waals surface area contributed by atoms with Gasteiger partial charge in [0.25, 0.3) is 5.91 Å². The molecule has 0 aliphatic carbocycles. The zero-order valence-electron chi connectivity index (χ0n) is 43.9. The zero-order chi connectivity index (χ0) is 59.1. The van der Waals surface area contributed by atoms with Gasteiger partial charge in [0.15, 0.2) is 6.04 Å². The first-order valence-corrected chi connectivity index (χ1v) is 25.4. The number of para-hydroxylation sites is 1. The molecular weight excluding hydrogens is 1040 g/mol. The number of fused-ring (bicyclic) bond motifs is 1. The summed E-state index contributed by atoms with van der Waals surface area (Å²) in [5.41, 5.74) is 26.7. The van der Waals surface area contributed by atoms with Crippen molar-refractivity contribution < 1.29 is 83.4 Å². The van der Waals surface area contributed by atoms with Crippen molar-refractivity contribution in [3.63, 3.8) is 0 Å². The second-order valence-electron chi connectivity index (χ2n) is 19.4. The number of nitrogens with two attached hydrogens (primary N) is 4. The van der Waals surface area contributed by atoms with Crippen LogP contribution in [0.15, 0.2) is 30.5 Å². The topological polar surface area (TPSA) is 530 Å². The number of nitrogens with one attached hydrogen (secondary N) is 9. The van der Waals surface area contributed by atoms with Gasteiger partial charge < -0.3 is 91.1 Å². The van der Waals surface area contributed by atoms with Crippen LogP contribution in [0.1, 0.15) is 90.0 Å². The number of carboxylic acid groups (broad SMARTS) is 3. The van der Waals surface area contributed by atoms with E-state index in [9.17, 15) is 72.5 Å². The molecule has 10 amide bonds. The van der Waals surface area contributed by atoms with Crippen LogP contribution >= 0.6 is 0 Å². The summed E-state index contributed by atoms with van der Waals surface area (Å²) in [6.45, 7) is 3.08. The number of aromatic nitrogens is 1. The van der Waals surface area contributed by atoms with Gasteiger partial charge in [-0.05, 0) is 62.6 Å². The molecule has 1 aromatic carbocycles. The van der Waals surface area contributed by atoms with Crippen LogP contribution in [0.3, 0.4) is 0 Å². The number of carbonyl (C=O) groups is 13. The van der Waals surface area contributed by atoms with E-state index in [1.54, 1.807) is 44.3 Å². The van der Waals surface area contributed by atoms with Crippen molar-refractivity contribution in [1.29, 1.82) is 0 Å². The smallest absolute Gasteiger partial charge is 0.326 e. The Hall–Kier alpha value is -8.29. The maximum absolute atomic E-state index is 14.1. The normalized spacial score (nSPS) is 15.8. The van der Waals surface area contributed by atoms with Crippen LogP contribution < -0.4 is 71.2 Å². The lowest BCUT2D eigenvalue weighted by atomic mass is 10.0. The van der Waals surface area contributed by atoms with Gasteiger partial charge in [-0.15, -0.1) is 0 Å². The highest BCUT2D eigenvalue weighted by Crippen LogP contribution is 2.21. The molecular formula is C48H74N15O16+. The number of primary amides is 2. The lowest BCUT2D eigenvalue weighted by Gasteiger charge is -2.28. The van der Waals surface area contributed by atoms with Gasteiger partial charge in [0.1, 0.15) is 48.6 Å². The van der Waals surface area contributed by atoms with Crippen LogP contribution in [0.25, 0.3) is 10.9 Å². The van der Waals surface area contributed by atoms with Crippen LogP contribution in [-0.4, -0.2) is 176 Å². The molecule has 23 N–H and O–H groups in total. The second kappa shape index (κ2) is 31.8. The number of aromatic amines is 1. The summed E-state index contributed by atoms with van der Waals surface area (Å²) in [7, 11) is 0. The number of hydrogen-bond acceptors (Lipinski definition) is 16. The van der Waals surface area contributed by atoms with Crippen LogP contribution in [0.5, 0.6) is 0 Å². The predicted octanol–water partition coefficient (Wildman–Crippen LogP) is -6.48. The Balaban J connectivity index is 1.88. The van der Waals surface area contributed by atoms with E-state index in [0.717, 1.165) is 0 Å². The first kappa shape index (κ1) is 65.0. The Kier molecular flexibility index (Phi) is 26.2. The summed E-state index contributed by atoms with van der Waals surface area (Å²) in [6.07, 6.45) is -2.92. The highest BCUT2D eigenvalue weighted by Gasteiger charge is 2.38. The van der Waals surface area contributed by atoms with E-state index in [2.05, 4.69) is 53.3 Å². The third-order valence-electron chi connectivity index (χ3n) is 12.5. The fraction of sp³-hybridized carbons (Fsp3) is 0.562. The number of rotatable bonds is 35. The molecule has 1 fully saturated rings. The molecule has 3 rings (SSSR count). The zero-order valence-corrected chi connectivity index (χ0v) is 43.9.